The van der Waals surface area contributed by atoms with Crippen LogP contribution in [0.1, 0.15) is 0 Å². The minimum atomic E-state index is 0. The average molecular weight is 353 g/mol. The minimum absolute atomic E-state index is 0. The topological polar surface area (TPSA) is 16.8 Å². The molecule has 0 atom stereocenters. The Morgan fingerprint density at radius 1 is 1.40 bits per heavy atom. The molecule has 0 N–H and O–H groups in total. The van der Waals surface area contributed by atoms with Crippen LogP contribution in [-0.2, 0) is 7.05 Å². The van der Waals surface area contributed by atoms with Gasteiger partial charge in [-0.05, 0) is 23.4 Å². The lowest BCUT2D eigenvalue weighted by Gasteiger charge is -2.00. The highest BCUT2D eigenvalue weighted by Crippen LogP contribution is 2.23. The molecular formula is C10H10ClIN2S. The molecule has 0 aliphatic heterocycles. The monoisotopic (exact) mass is 352 g/mol. The molecule has 0 spiro atoms. The number of benzene rings is 1. The van der Waals surface area contributed by atoms with Crippen molar-refractivity contribution in [3.8, 4) is 0 Å². The fourth-order valence-electron chi connectivity index (χ4n) is 1.41. The van der Waals surface area contributed by atoms with Gasteiger partial charge in [0.1, 0.15) is 5.52 Å². The summed E-state index contributed by atoms with van der Waals surface area (Å²) >= 11 is 7.59. The Labute approximate surface area is 115 Å². The van der Waals surface area contributed by atoms with Crippen molar-refractivity contribution >= 4 is 34.3 Å². The van der Waals surface area contributed by atoms with Gasteiger partial charge in [-0.1, -0.05) is 23.4 Å². The first-order valence-corrected chi connectivity index (χ1v) is 5.80. The van der Waals surface area contributed by atoms with Crippen molar-refractivity contribution in [2.24, 2.45) is 7.05 Å². The van der Waals surface area contributed by atoms with E-state index in [1.807, 2.05) is 42.4 Å². The van der Waals surface area contributed by atoms with Crippen LogP contribution in [0.3, 0.4) is 0 Å². The maximum Gasteiger partial charge on any atom is 0.287 e. The molecule has 15 heavy (non-hydrogen) atoms. The third-order valence-electron chi connectivity index (χ3n) is 2.11. The molecule has 0 amide bonds. The first-order chi connectivity index (χ1) is 6.72. The van der Waals surface area contributed by atoms with Crippen molar-refractivity contribution in [1.82, 2.24) is 4.98 Å². The number of aromatic nitrogens is 2. The molecule has 0 aliphatic rings. The molecule has 0 fully saturated rings. The van der Waals surface area contributed by atoms with E-state index in [2.05, 4.69) is 4.98 Å². The predicted molar refractivity (Wildman–Crippen MR) is 59.7 cm³/mol. The average Bonchev–Trinajstić information content (AvgIpc) is 2.19. The van der Waals surface area contributed by atoms with E-state index in [1.165, 1.54) is 0 Å². The quantitative estimate of drug-likeness (QED) is 0.296. The Balaban J connectivity index is 0.00000112. The molecular weight excluding hydrogens is 343 g/mol. The van der Waals surface area contributed by atoms with Crippen molar-refractivity contribution < 1.29 is 28.5 Å². The van der Waals surface area contributed by atoms with Gasteiger partial charge in [0, 0.05) is 11.1 Å². The number of halogens is 2. The molecule has 0 saturated carbocycles. The van der Waals surface area contributed by atoms with E-state index >= 15 is 0 Å². The van der Waals surface area contributed by atoms with Crippen LogP contribution in [0.2, 0.25) is 5.02 Å². The van der Waals surface area contributed by atoms with E-state index < -0.39 is 0 Å². The molecule has 1 aromatic carbocycles. The van der Waals surface area contributed by atoms with Crippen molar-refractivity contribution in [2.75, 3.05) is 6.26 Å². The van der Waals surface area contributed by atoms with E-state index in [1.54, 1.807) is 11.8 Å². The minimum Gasteiger partial charge on any atom is -1.00 e. The molecule has 0 radical (unpaired) electrons. The fraction of sp³-hybridized carbons (Fsp3) is 0.200. The maximum atomic E-state index is 5.95. The van der Waals surface area contributed by atoms with Crippen LogP contribution in [0, 0.1) is 0 Å². The van der Waals surface area contributed by atoms with Gasteiger partial charge in [0.25, 0.3) is 6.33 Å². The number of thioether (sulfide) groups is 1. The normalized spacial score (nSPS) is 10.1. The van der Waals surface area contributed by atoms with E-state index in [4.69, 9.17) is 11.6 Å². The first-order valence-electron chi connectivity index (χ1n) is 4.20. The fourth-order valence-corrected chi connectivity index (χ4v) is 2.12. The van der Waals surface area contributed by atoms with Gasteiger partial charge in [-0.2, -0.15) is 0 Å². The Kier molecular flexibility index (Phi) is 4.61. The van der Waals surface area contributed by atoms with E-state index in [-0.39, 0.29) is 24.0 Å². The smallest absolute Gasteiger partial charge is 0.287 e. The zero-order valence-electron chi connectivity index (χ0n) is 8.37. The van der Waals surface area contributed by atoms with E-state index in [0.29, 0.717) is 0 Å². The van der Waals surface area contributed by atoms with Gasteiger partial charge >= 0.3 is 0 Å². The van der Waals surface area contributed by atoms with Gasteiger partial charge in [0.15, 0.2) is 0 Å². The van der Waals surface area contributed by atoms with Crippen molar-refractivity contribution in [3.63, 3.8) is 0 Å². The third kappa shape index (κ3) is 2.54. The predicted octanol–water partition coefficient (Wildman–Crippen LogP) is -0.561. The molecule has 0 unspecified atom stereocenters. The summed E-state index contributed by atoms with van der Waals surface area (Å²) in [5.74, 6) is 0. The van der Waals surface area contributed by atoms with Gasteiger partial charge in [-0.3, -0.25) is 0 Å². The zero-order valence-corrected chi connectivity index (χ0v) is 12.1. The summed E-state index contributed by atoms with van der Waals surface area (Å²) in [5, 5.41) is 2.94. The van der Waals surface area contributed by atoms with Gasteiger partial charge < -0.3 is 24.0 Å². The van der Waals surface area contributed by atoms with Crippen LogP contribution in [0.4, 0.5) is 0 Å². The highest BCUT2D eigenvalue weighted by Gasteiger charge is 2.11. The van der Waals surface area contributed by atoms with Crippen LogP contribution in [0.15, 0.2) is 29.6 Å². The lowest BCUT2D eigenvalue weighted by atomic mass is 10.2. The van der Waals surface area contributed by atoms with Gasteiger partial charge in [0.05, 0.1) is 12.4 Å². The van der Waals surface area contributed by atoms with E-state index in [9.17, 15) is 0 Å². The Hall–Kier alpha value is -0.0700. The maximum absolute atomic E-state index is 5.95. The van der Waals surface area contributed by atoms with Crippen molar-refractivity contribution in [3.05, 3.63) is 29.5 Å². The van der Waals surface area contributed by atoms with Crippen LogP contribution in [-0.4, -0.2) is 11.2 Å². The summed E-state index contributed by atoms with van der Waals surface area (Å²) in [5.41, 5.74) is 1.11. The summed E-state index contributed by atoms with van der Waals surface area (Å²) in [4.78, 5) is 4.34. The number of aryl methyl sites for hydroxylation is 1. The molecule has 0 saturated heterocycles. The Morgan fingerprint density at radius 2 is 2.13 bits per heavy atom. The molecule has 2 nitrogen and oxygen atoms in total. The molecule has 0 aliphatic carbocycles. The lowest BCUT2D eigenvalue weighted by molar-refractivity contribution is -0.648. The highest BCUT2D eigenvalue weighted by atomic mass is 127. The lowest BCUT2D eigenvalue weighted by Crippen LogP contribution is -3.00. The zero-order chi connectivity index (χ0) is 10.1. The number of hydrogen-bond acceptors (Lipinski definition) is 2. The summed E-state index contributed by atoms with van der Waals surface area (Å²) in [7, 11) is 1.97. The first kappa shape index (κ1) is 13.0. The largest absolute Gasteiger partial charge is 1.00 e. The van der Waals surface area contributed by atoms with Gasteiger partial charge in [-0.25, -0.2) is 4.57 Å². The summed E-state index contributed by atoms with van der Waals surface area (Å²) in [6.45, 7) is 0. The summed E-state index contributed by atoms with van der Waals surface area (Å²) in [6.07, 6.45) is 3.83. The Morgan fingerprint density at radius 3 is 2.80 bits per heavy atom. The van der Waals surface area contributed by atoms with Crippen LogP contribution in [0.25, 0.3) is 10.9 Å². The number of fused-ring (bicyclic) bond motifs is 1. The number of nitrogens with zero attached hydrogens (tertiary/aromatic N) is 2. The molecule has 1 aromatic heterocycles. The second kappa shape index (κ2) is 5.32. The summed E-state index contributed by atoms with van der Waals surface area (Å²) in [6, 6.07) is 5.86. The Bertz CT molecular complexity index is 490. The molecule has 2 rings (SSSR count). The van der Waals surface area contributed by atoms with Gasteiger partial charge in [-0.15, -0.1) is 0 Å². The molecule has 1 heterocycles. The van der Waals surface area contributed by atoms with Crippen molar-refractivity contribution in [1.29, 1.82) is 0 Å². The number of rotatable bonds is 1. The van der Waals surface area contributed by atoms with Crippen molar-refractivity contribution in [2.45, 2.75) is 5.03 Å². The van der Waals surface area contributed by atoms with Gasteiger partial charge in [0.2, 0.25) is 5.03 Å². The highest BCUT2D eigenvalue weighted by molar-refractivity contribution is 7.98. The molecule has 2 aromatic rings. The summed E-state index contributed by atoms with van der Waals surface area (Å²) < 4.78 is 1.97. The second-order valence-corrected chi connectivity index (χ2v) is 4.26. The molecule has 80 valence electrons. The molecule has 5 heteroatoms. The standard InChI is InChI=1S/C10H10ClN2S.HI/c1-13-6-12-10(14-2)8-4-3-7(11)5-9(8)13;/h3-6H,1-2H3;1H/q+1;/p-1. The second-order valence-electron chi connectivity index (χ2n) is 3.03. The SMILES string of the molecule is CSc1nc[n+](C)c2cc(Cl)ccc12.[I-]. The number of hydrogen-bond donors (Lipinski definition) is 0. The third-order valence-corrected chi connectivity index (χ3v) is 3.06. The van der Waals surface area contributed by atoms with Crippen LogP contribution in [0.5, 0.6) is 0 Å². The van der Waals surface area contributed by atoms with E-state index in [0.717, 1.165) is 21.0 Å². The van der Waals surface area contributed by atoms with Crippen LogP contribution < -0.4 is 28.5 Å². The molecule has 0 bridgehead atoms. The van der Waals surface area contributed by atoms with Crippen LogP contribution >= 0.6 is 23.4 Å².